The number of benzene rings is 8. The molecule has 1 heterocycles. The second-order valence-corrected chi connectivity index (χ2v) is 13.5. The standard InChI is InChI=1S/C48H33NO/c1-48(44-17-9-7-15-40(44)41-16-8-10-18-45(41)48)36-22-27-46-42(30-36)43-31-39(26-28-47(43)50-46)49(38-25-21-33-13-5-6-14-35(33)29-38)37-23-19-34(20-24-37)32-11-3-2-4-12-32/h2-31H,1H3. The first kappa shape index (κ1) is 28.6. The van der Waals surface area contributed by atoms with Gasteiger partial charge in [0, 0.05) is 33.2 Å². The first-order valence-electron chi connectivity index (χ1n) is 17.3. The molecule has 2 nitrogen and oxygen atoms in total. The number of rotatable bonds is 5. The average Bonchev–Trinajstić information content (AvgIpc) is 3.68. The third-order valence-electron chi connectivity index (χ3n) is 10.7. The lowest BCUT2D eigenvalue weighted by molar-refractivity contribution is 0.667. The van der Waals surface area contributed by atoms with Crippen LogP contribution in [0.3, 0.4) is 0 Å². The average molecular weight is 640 g/mol. The van der Waals surface area contributed by atoms with Crippen LogP contribution in [0.2, 0.25) is 0 Å². The van der Waals surface area contributed by atoms with Gasteiger partial charge in [0.25, 0.3) is 0 Å². The highest BCUT2D eigenvalue weighted by molar-refractivity contribution is 6.07. The Labute approximate surface area is 291 Å². The Hall–Kier alpha value is -6.38. The maximum Gasteiger partial charge on any atom is 0.135 e. The molecular weight excluding hydrogens is 607 g/mol. The molecule has 0 atom stereocenters. The van der Waals surface area contributed by atoms with Crippen LogP contribution in [-0.2, 0) is 5.41 Å². The summed E-state index contributed by atoms with van der Waals surface area (Å²) in [5, 5.41) is 4.67. The summed E-state index contributed by atoms with van der Waals surface area (Å²) in [5.41, 5.74) is 13.8. The Balaban J connectivity index is 1.14. The Kier molecular flexibility index (Phi) is 6.34. The molecule has 0 amide bonds. The number of hydrogen-bond donors (Lipinski definition) is 0. The van der Waals surface area contributed by atoms with Crippen molar-refractivity contribution in [2.75, 3.05) is 4.90 Å². The first-order chi connectivity index (χ1) is 24.6. The number of fused-ring (bicyclic) bond motifs is 7. The van der Waals surface area contributed by atoms with Crippen LogP contribution >= 0.6 is 0 Å². The summed E-state index contributed by atoms with van der Waals surface area (Å²) in [6, 6.07) is 65.8. The second-order valence-electron chi connectivity index (χ2n) is 13.5. The van der Waals surface area contributed by atoms with Crippen LogP contribution in [0.15, 0.2) is 186 Å². The summed E-state index contributed by atoms with van der Waals surface area (Å²) in [4.78, 5) is 2.36. The van der Waals surface area contributed by atoms with Crippen molar-refractivity contribution in [1.29, 1.82) is 0 Å². The van der Waals surface area contributed by atoms with Gasteiger partial charge >= 0.3 is 0 Å². The second kappa shape index (κ2) is 11.1. The van der Waals surface area contributed by atoms with Crippen LogP contribution in [0.4, 0.5) is 17.1 Å². The zero-order valence-electron chi connectivity index (χ0n) is 27.7. The molecule has 0 fully saturated rings. The van der Waals surface area contributed by atoms with Gasteiger partial charge in [0.05, 0.1) is 0 Å². The van der Waals surface area contributed by atoms with Crippen LogP contribution in [-0.4, -0.2) is 0 Å². The largest absolute Gasteiger partial charge is 0.456 e. The summed E-state index contributed by atoms with van der Waals surface area (Å²) in [5.74, 6) is 0. The van der Waals surface area contributed by atoms with E-state index in [1.165, 1.54) is 49.7 Å². The fraction of sp³-hybridized carbons (Fsp3) is 0.0417. The van der Waals surface area contributed by atoms with E-state index < -0.39 is 0 Å². The molecule has 0 radical (unpaired) electrons. The third-order valence-corrected chi connectivity index (χ3v) is 10.7. The lowest BCUT2D eigenvalue weighted by Crippen LogP contribution is -2.22. The van der Waals surface area contributed by atoms with Crippen molar-refractivity contribution in [3.63, 3.8) is 0 Å². The minimum absolute atomic E-state index is 0.278. The molecule has 50 heavy (non-hydrogen) atoms. The van der Waals surface area contributed by atoms with E-state index in [1.807, 2.05) is 0 Å². The van der Waals surface area contributed by atoms with Gasteiger partial charge in [-0.25, -0.2) is 0 Å². The SMILES string of the molecule is CC1(c2ccc3oc4ccc(N(c5ccc(-c6ccccc6)cc5)c5ccc6ccccc6c5)cc4c3c2)c2ccccc2-c2ccccc21. The number of nitrogens with zero attached hydrogens (tertiary/aromatic N) is 1. The van der Waals surface area contributed by atoms with Crippen LogP contribution in [0.1, 0.15) is 23.6 Å². The Morgan fingerprint density at radius 1 is 0.420 bits per heavy atom. The molecule has 1 aromatic heterocycles. The molecule has 2 heteroatoms. The zero-order chi connectivity index (χ0) is 33.2. The van der Waals surface area contributed by atoms with Gasteiger partial charge in [-0.1, -0.05) is 127 Å². The van der Waals surface area contributed by atoms with Gasteiger partial charge in [-0.15, -0.1) is 0 Å². The highest BCUT2D eigenvalue weighted by Crippen LogP contribution is 2.53. The van der Waals surface area contributed by atoms with Gasteiger partial charge in [0.15, 0.2) is 0 Å². The van der Waals surface area contributed by atoms with Crippen molar-refractivity contribution < 1.29 is 4.42 Å². The highest BCUT2D eigenvalue weighted by Gasteiger charge is 2.40. The van der Waals surface area contributed by atoms with Crippen molar-refractivity contribution in [2.24, 2.45) is 0 Å². The van der Waals surface area contributed by atoms with Crippen molar-refractivity contribution in [3.8, 4) is 22.3 Å². The molecule has 0 saturated heterocycles. The van der Waals surface area contributed by atoms with Crippen LogP contribution in [0, 0.1) is 0 Å². The predicted octanol–water partition coefficient (Wildman–Crippen LogP) is 13.2. The summed E-state index contributed by atoms with van der Waals surface area (Å²) in [6.07, 6.45) is 0. The maximum absolute atomic E-state index is 6.49. The molecule has 0 spiro atoms. The van der Waals surface area contributed by atoms with E-state index in [4.69, 9.17) is 4.42 Å². The van der Waals surface area contributed by atoms with E-state index in [9.17, 15) is 0 Å². The van der Waals surface area contributed by atoms with Crippen LogP contribution < -0.4 is 4.90 Å². The molecule has 0 aliphatic heterocycles. The molecule has 8 aromatic carbocycles. The van der Waals surface area contributed by atoms with E-state index in [0.29, 0.717) is 0 Å². The van der Waals surface area contributed by atoms with Gasteiger partial charge in [-0.2, -0.15) is 0 Å². The van der Waals surface area contributed by atoms with E-state index in [-0.39, 0.29) is 5.41 Å². The minimum Gasteiger partial charge on any atom is -0.456 e. The Bertz CT molecular complexity index is 2670. The first-order valence-corrected chi connectivity index (χ1v) is 17.3. The van der Waals surface area contributed by atoms with E-state index in [1.54, 1.807) is 0 Å². The zero-order valence-corrected chi connectivity index (χ0v) is 27.7. The Morgan fingerprint density at radius 2 is 0.960 bits per heavy atom. The third kappa shape index (κ3) is 4.35. The lowest BCUT2D eigenvalue weighted by Gasteiger charge is -2.28. The normalized spacial score (nSPS) is 13.1. The maximum atomic E-state index is 6.49. The molecule has 0 saturated carbocycles. The molecule has 0 N–H and O–H groups in total. The van der Waals surface area contributed by atoms with Crippen LogP contribution in [0.25, 0.3) is 55.0 Å². The molecule has 1 aliphatic carbocycles. The summed E-state index contributed by atoms with van der Waals surface area (Å²) < 4.78 is 6.49. The van der Waals surface area contributed by atoms with Crippen LogP contribution in [0.5, 0.6) is 0 Å². The van der Waals surface area contributed by atoms with E-state index in [0.717, 1.165) is 39.0 Å². The van der Waals surface area contributed by atoms with Gasteiger partial charge < -0.3 is 9.32 Å². The van der Waals surface area contributed by atoms with Gasteiger partial charge in [0.1, 0.15) is 11.2 Å². The van der Waals surface area contributed by atoms with Crippen molar-refractivity contribution >= 4 is 49.8 Å². The summed E-state index contributed by atoms with van der Waals surface area (Å²) in [7, 11) is 0. The molecule has 9 aromatic rings. The molecule has 10 rings (SSSR count). The van der Waals surface area contributed by atoms with E-state index >= 15 is 0 Å². The van der Waals surface area contributed by atoms with Gasteiger partial charge in [-0.3, -0.25) is 0 Å². The molecule has 0 unspecified atom stereocenters. The van der Waals surface area contributed by atoms with Gasteiger partial charge in [0.2, 0.25) is 0 Å². The van der Waals surface area contributed by atoms with Crippen molar-refractivity contribution in [2.45, 2.75) is 12.3 Å². The smallest absolute Gasteiger partial charge is 0.135 e. The highest BCUT2D eigenvalue weighted by atomic mass is 16.3. The fourth-order valence-electron chi connectivity index (χ4n) is 8.18. The number of furan rings is 1. The van der Waals surface area contributed by atoms with E-state index in [2.05, 4.69) is 194 Å². The molecular formula is C48H33NO. The Morgan fingerprint density at radius 3 is 1.70 bits per heavy atom. The minimum atomic E-state index is -0.278. The summed E-state index contributed by atoms with van der Waals surface area (Å²) in [6.45, 7) is 2.37. The number of hydrogen-bond acceptors (Lipinski definition) is 2. The molecule has 236 valence electrons. The fourth-order valence-corrected chi connectivity index (χ4v) is 8.18. The van der Waals surface area contributed by atoms with Crippen molar-refractivity contribution in [1.82, 2.24) is 0 Å². The molecule has 0 bridgehead atoms. The predicted molar refractivity (Wildman–Crippen MR) is 209 cm³/mol. The summed E-state index contributed by atoms with van der Waals surface area (Å²) >= 11 is 0. The van der Waals surface area contributed by atoms with Gasteiger partial charge in [-0.05, 0) is 111 Å². The molecule has 1 aliphatic rings. The van der Waals surface area contributed by atoms with Crippen molar-refractivity contribution in [3.05, 3.63) is 199 Å². The monoisotopic (exact) mass is 639 g/mol. The quantitative estimate of drug-likeness (QED) is 0.186. The number of anilines is 3. The lowest BCUT2D eigenvalue weighted by atomic mass is 9.74. The topological polar surface area (TPSA) is 16.4 Å².